The Morgan fingerprint density at radius 2 is 0.869 bits per heavy atom. The van der Waals surface area contributed by atoms with Crippen molar-refractivity contribution in [2.24, 2.45) is 10.2 Å². The van der Waals surface area contributed by atoms with Crippen molar-refractivity contribution in [1.82, 2.24) is 20.8 Å². The molecule has 0 unspecified atom stereocenters. The minimum atomic E-state index is -0.439. The fourth-order valence-corrected chi connectivity index (χ4v) is 7.03. The maximum atomic E-state index is 12.5. The number of amides is 2. The summed E-state index contributed by atoms with van der Waals surface area (Å²) in [6.45, 7) is 0. The fraction of sp³-hybridized carbons (Fsp3) is 0. The van der Waals surface area contributed by atoms with E-state index in [9.17, 15) is 9.59 Å². The molecule has 0 saturated carbocycles. The molecule has 6 aromatic carbocycles. The zero-order valence-corrected chi connectivity index (χ0v) is 38.7. The summed E-state index contributed by atoms with van der Waals surface area (Å²) in [6.07, 6.45) is 2.94. The van der Waals surface area contributed by atoms with Crippen LogP contribution in [0.25, 0.3) is 65.3 Å². The number of furan rings is 2. The molecule has 2 N–H and O–H groups in total. The van der Waals surface area contributed by atoms with Crippen LogP contribution in [0.1, 0.15) is 32.2 Å². The molecule has 10 nitrogen and oxygen atoms in total. The molecule has 61 heavy (non-hydrogen) atoms. The molecular weight excluding hydrogens is 955 g/mol. The molecule has 4 aromatic heterocycles. The van der Waals surface area contributed by atoms with Crippen LogP contribution >= 0.6 is 23.2 Å². The van der Waals surface area contributed by atoms with Gasteiger partial charge in [-0.25, -0.2) is 20.8 Å². The number of para-hydroxylation sites is 2. The van der Waals surface area contributed by atoms with E-state index < -0.39 is 11.8 Å². The van der Waals surface area contributed by atoms with E-state index in [0.29, 0.717) is 32.6 Å². The van der Waals surface area contributed by atoms with Crippen LogP contribution in [0.4, 0.5) is 0 Å². The first-order valence-electron chi connectivity index (χ1n) is 18.0. The van der Waals surface area contributed by atoms with Crippen molar-refractivity contribution in [3.63, 3.8) is 0 Å². The smallest absolute Gasteiger partial charge is 1.00 e. The predicted molar refractivity (Wildman–Crippen MR) is 231 cm³/mol. The van der Waals surface area contributed by atoms with Crippen molar-refractivity contribution in [1.29, 1.82) is 0 Å². The summed E-state index contributed by atoms with van der Waals surface area (Å²) in [5.74, 6) is -0.495. The Morgan fingerprint density at radius 1 is 0.492 bits per heavy atom. The van der Waals surface area contributed by atoms with E-state index in [1.807, 2.05) is 133 Å². The van der Waals surface area contributed by atoms with Crippen LogP contribution in [-0.4, -0.2) is 34.2 Å². The third-order valence-corrected chi connectivity index (χ3v) is 10.1. The minimum Gasteiger partial charge on any atom is -1.00 e. The average Bonchev–Trinajstić information content (AvgIpc) is 3.90. The largest absolute Gasteiger partial charge is 2.00 e. The molecule has 0 atom stereocenters. The SMILES string of the molecule is O=C(N/N=C/c1cc2ccccc2nc1Cl)c1cc2c(ccc3ccccc32)o1.O=C(N/N=C/c1cc2ccccc2nc1Cl)c1cc2c(ccc3ccccc32)o1.[Cd+2].[Cl-].[Cl-]. The Balaban J connectivity index is 0.000000194. The predicted octanol–water partition coefficient (Wildman–Crippen LogP) is 5.11. The average molecular weight is 983 g/mol. The zero-order valence-electron chi connectivity index (χ0n) is 31.7. The number of rotatable bonds is 6. The minimum absolute atomic E-state index is 0. The van der Waals surface area contributed by atoms with Gasteiger partial charge in [0.05, 0.1) is 23.5 Å². The molecular formula is C46H28CdCl4N6O4. The molecule has 10 aromatic rings. The number of pyridine rings is 2. The van der Waals surface area contributed by atoms with Crippen molar-refractivity contribution in [2.45, 2.75) is 0 Å². The van der Waals surface area contributed by atoms with Crippen LogP contribution in [0.2, 0.25) is 10.3 Å². The van der Waals surface area contributed by atoms with Gasteiger partial charge in [0, 0.05) is 32.7 Å². The molecule has 0 radical (unpaired) electrons. The van der Waals surface area contributed by atoms with Crippen molar-refractivity contribution >= 4 is 113 Å². The molecule has 0 aliphatic rings. The van der Waals surface area contributed by atoms with Gasteiger partial charge in [0.1, 0.15) is 21.5 Å². The first kappa shape index (κ1) is 44.6. The van der Waals surface area contributed by atoms with Crippen molar-refractivity contribution < 1.29 is 70.5 Å². The van der Waals surface area contributed by atoms with Crippen LogP contribution in [0, 0.1) is 0 Å². The molecule has 0 bridgehead atoms. The Bertz CT molecular complexity index is 3080. The third kappa shape index (κ3) is 9.54. The van der Waals surface area contributed by atoms with Gasteiger partial charge in [-0.05, 0) is 70.1 Å². The van der Waals surface area contributed by atoms with Gasteiger partial charge in [-0.15, -0.1) is 0 Å². The van der Waals surface area contributed by atoms with Gasteiger partial charge in [0.2, 0.25) is 0 Å². The summed E-state index contributed by atoms with van der Waals surface area (Å²) in [5.41, 5.74) is 9.09. The van der Waals surface area contributed by atoms with Gasteiger partial charge in [-0.1, -0.05) is 120 Å². The molecule has 296 valence electrons. The van der Waals surface area contributed by atoms with Crippen LogP contribution in [0.5, 0.6) is 0 Å². The number of hydrazone groups is 2. The summed E-state index contributed by atoms with van der Waals surface area (Å²) < 4.78 is 11.4. The number of aromatic nitrogens is 2. The molecule has 0 aliphatic heterocycles. The van der Waals surface area contributed by atoms with E-state index in [1.54, 1.807) is 12.1 Å². The second-order valence-electron chi connectivity index (χ2n) is 13.1. The van der Waals surface area contributed by atoms with Gasteiger partial charge in [-0.2, -0.15) is 10.2 Å². The van der Waals surface area contributed by atoms with Gasteiger partial charge >= 0.3 is 39.1 Å². The monoisotopic (exact) mass is 982 g/mol. The Hall–Kier alpha value is -5.90. The topological polar surface area (TPSA) is 135 Å². The number of carbonyl (C=O) groups excluding carboxylic acids is 2. The molecule has 2 amide bonds. The Labute approximate surface area is 390 Å². The summed E-state index contributed by atoms with van der Waals surface area (Å²) in [4.78, 5) is 33.6. The molecule has 15 heteroatoms. The van der Waals surface area contributed by atoms with E-state index >= 15 is 0 Å². The summed E-state index contributed by atoms with van der Waals surface area (Å²) in [7, 11) is 0. The third-order valence-electron chi connectivity index (χ3n) is 9.45. The first-order valence-corrected chi connectivity index (χ1v) is 18.7. The summed E-state index contributed by atoms with van der Waals surface area (Å²) >= 11 is 12.4. The summed E-state index contributed by atoms with van der Waals surface area (Å²) in [6, 6.07) is 46.1. The van der Waals surface area contributed by atoms with E-state index in [0.717, 1.165) is 54.1 Å². The van der Waals surface area contributed by atoms with Gasteiger partial charge in [0.15, 0.2) is 11.5 Å². The van der Waals surface area contributed by atoms with E-state index in [4.69, 9.17) is 32.0 Å². The maximum Gasteiger partial charge on any atom is 2.00 e. The van der Waals surface area contributed by atoms with E-state index in [2.05, 4.69) is 31.0 Å². The van der Waals surface area contributed by atoms with Crippen LogP contribution in [-0.2, 0) is 27.3 Å². The van der Waals surface area contributed by atoms with Crippen LogP contribution < -0.4 is 35.7 Å². The van der Waals surface area contributed by atoms with Crippen molar-refractivity contribution in [3.8, 4) is 0 Å². The number of hydrogen-bond donors (Lipinski definition) is 2. The zero-order chi connectivity index (χ0) is 39.6. The molecule has 4 heterocycles. The summed E-state index contributed by atoms with van der Waals surface area (Å²) in [5, 5.41) is 16.5. The molecule has 0 spiro atoms. The quantitative estimate of drug-likeness (QED) is 0.103. The number of fused-ring (bicyclic) bond motifs is 8. The molecule has 0 fully saturated rings. The van der Waals surface area contributed by atoms with E-state index in [-0.39, 0.29) is 63.6 Å². The van der Waals surface area contributed by atoms with Crippen LogP contribution in [0.15, 0.2) is 165 Å². The number of halogens is 4. The molecule has 10 rings (SSSR count). The van der Waals surface area contributed by atoms with Crippen molar-refractivity contribution in [2.75, 3.05) is 0 Å². The Kier molecular flexibility index (Phi) is 14.4. The van der Waals surface area contributed by atoms with Gasteiger partial charge in [-0.3, -0.25) is 9.59 Å². The van der Waals surface area contributed by atoms with E-state index in [1.165, 1.54) is 12.4 Å². The number of nitrogens with zero attached hydrogens (tertiary/aromatic N) is 4. The maximum absolute atomic E-state index is 12.5. The Morgan fingerprint density at radius 3 is 1.30 bits per heavy atom. The fourth-order valence-electron chi connectivity index (χ4n) is 6.64. The number of carbonyl (C=O) groups is 2. The number of nitrogens with one attached hydrogen (secondary N) is 2. The van der Waals surface area contributed by atoms with Gasteiger partial charge in [0.25, 0.3) is 0 Å². The number of benzene rings is 6. The van der Waals surface area contributed by atoms with Crippen molar-refractivity contribution in [3.05, 3.63) is 179 Å². The number of hydrogen-bond acceptors (Lipinski definition) is 8. The van der Waals surface area contributed by atoms with Gasteiger partial charge < -0.3 is 33.6 Å². The van der Waals surface area contributed by atoms with Crippen LogP contribution in [0.3, 0.4) is 0 Å². The second-order valence-corrected chi connectivity index (χ2v) is 13.9. The molecule has 0 aliphatic carbocycles. The standard InChI is InChI=1S/2C23H14ClN3O2.Cd.2ClH/c2*24-22-16(11-15-6-2-4-8-19(15)26-22)13-25-27-23(28)21-12-18-17-7-3-1-5-14(17)9-10-20(18)29-21;;;/h2*1-13H,(H,27,28);;2*1H/q;;+2;;/p-2/b2*25-13+;;;. The normalized spacial score (nSPS) is 11.0. The first-order chi connectivity index (χ1) is 28.4. The second kappa shape index (κ2) is 19.7. The molecule has 0 saturated heterocycles.